The second-order valence-electron chi connectivity index (χ2n) is 5.99. The number of carbonyl (C=O) groups is 2. The van der Waals surface area contributed by atoms with Crippen molar-refractivity contribution < 1.29 is 19.0 Å². The minimum absolute atomic E-state index is 0.131. The van der Waals surface area contributed by atoms with Crippen molar-refractivity contribution in [1.29, 1.82) is 0 Å². The molecule has 1 aromatic heterocycles. The van der Waals surface area contributed by atoms with Gasteiger partial charge in [-0.15, -0.1) is 6.58 Å². The molecule has 8 nitrogen and oxygen atoms in total. The standard InChI is InChI=1S/C15H23N4O4P/c1-3-5-8-19(11-20)14(21)17-15(9-12(15)4-2)24(22,23)10-13-6-7-16-18-13/h4,6-7,11-12H,2-3,5,8-10H2,1H3,(H,16,18)(H,17,21)(H,22,23)/t12?,15-/m0/s1. The molecule has 9 heteroatoms. The van der Waals surface area contributed by atoms with Gasteiger partial charge in [-0.2, -0.15) is 5.10 Å². The number of unbranched alkanes of at least 4 members (excludes halogenated alkanes) is 1. The van der Waals surface area contributed by atoms with Crippen molar-refractivity contribution in [2.45, 2.75) is 37.6 Å². The van der Waals surface area contributed by atoms with Crippen molar-refractivity contribution in [3.05, 3.63) is 30.6 Å². The van der Waals surface area contributed by atoms with Gasteiger partial charge in [0.1, 0.15) is 5.28 Å². The molecule has 0 aromatic carbocycles. The van der Waals surface area contributed by atoms with Crippen LogP contribution < -0.4 is 5.32 Å². The van der Waals surface area contributed by atoms with Gasteiger partial charge in [0.2, 0.25) is 13.8 Å². The maximum atomic E-state index is 12.9. The van der Waals surface area contributed by atoms with Gasteiger partial charge in [-0.25, -0.2) is 4.79 Å². The largest absolute Gasteiger partial charge is 0.342 e. The first-order valence-corrected chi connectivity index (χ1v) is 9.71. The molecule has 1 aliphatic rings. The molecule has 0 radical (unpaired) electrons. The summed E-state index contributed by atoms with van der Waals surface area (Å²) in [6.07, 6.45) is 5.20. The number of aromatic amines is 1. The van der Waals surface area contributed by atoms with Gasteiger partial charge in [-0.1, -0.05) is 19.4 Å². The predicted molar refractivity (Wildman–Crippen MR) is 89.4 cm³/mol. The number of amides is 3. The molecule has 2 rings (SSSR count). The number of hydrogen-bond acceptors (Lipinski definition) is 4. The Hall–Kier alpha value is -1.92. The second kappa shape index (κ2) is 7.32. The average Bonchev–Trinajstić information content (AvgIpc) is 3.04. The highest BCUT2D eigenvalue weighted by Gasteiger charge is 2.65. The molecular weight excluding hydrogens is 331 g/mol. The first-order chi connectivity index (χ1) is 11.4. The van der Waals surface area contributed by atoms with Crippen LogP contribution in [0.3, 0.4) is 0 Å². The van der Waals surface area contributed by atoms with E-state index in [1.165, 1.54) is 6.20 Å². The highest BCUT2D eigenvalue weighted by molar-refractivity contribution is 7.59. The summed E-state index contributed by atoms with van der Waals surface area (Å²) in [6, 6.07) is 0.963. The Morgan fingerprint density at radius 3 is 2.96 bits per heavy atom. The summed E-state index contributed by atoms with van der Waals surface area (Å²) < 4.78 is 12.9. The van der Waals surface area contributed by atoms with Crippen LogP contribution in [-0.2, 0) is 15.5 Å². The van der Waals surface area contributed by atoms with Gasteiger partial charge in [-0.3, -0.25) is 19.4 Å². The molecule has 1 saturated carbocycles. The van der Waals surface area contributed by atoms with Crippen molar-refractivity contribution in [2.24, 2.45) is 5.92 Å². The Morgan fingerprint density at radius 2 is 2.46 bits per heavy atom. The van der Waals surface area contributed by atoms with Gasteiger partial charge in [0.15, 0.2) is 0 Å². The van der Waals surface area contributed by atoms with Gasteiger partial charge in [0, 0.05) is 24.4 Å². The summed E-state index contributed by atoms with van der Waals surface area (Å²) >= 11 is 0. The molecule has 1 heterocycles. The number of H-pyrrole nitrogens is 1. The summed E-state index contributed by atoms with van der Waals surface area (Å²) in [5.74, 6) is -0.306. The van der Waals surface area contributed by atoms with Crippen molar-refractivity contribution in [3.8, 4) is 0 Å². The third kappa shape index (κ3) is 3.60. The van der Waals surface area contributed by atoms with E-state index in [2.05, 4.69) is 22.1 Å². The third-order valence-electron chi connectivity index (χ3n) is 4.30. The van der Waals surface area contributed by atoms with Gasteiger partial charge < -0.3 is 10.2 Å². The average molecular weight is 354 g/mol. The Balaban J connectivity index is 2.16. The van der Waals surface area contributed by atoms with Crippen molar-refractivity contribution in [3.63, 3.8) is 0 Å². The van der Waals surface area contributed by atoms with Crippen LogP contribution in [0.4, 0.5) is 4.79 Å². The zero-order valence-electron chi connectivity index (χ0n) is 13.6. The smallest absolute Gasteiger partial charge is 0.324 e. The number of nitrogens with zero attached hydrogens (tertiary/aromatic N) is 2. The van der Waals surface area contributed by atoms with Crippen LogP contribution in [0.15, 0.2) is 24.9 Å². The molecule has 3 atom stereocenters. The summed E-state index contributed by atoms with van der Waals surface area (Å²) in [7, 11) is -3.79. The first kappa shape index (κ1) is 18.4. The van der Waals surface area contributed by atoms with E-state index in [0.717, 1.165) is 11.3 Å². The Kier molecular flexibility index (Phi) is 5.62. The number of aromatic nitrogens is 2. The number of hydrogen-bond donors (Lipinski definition) is 3. The molecule has 3 amide bonds. The molecule has 2 unspecified atom stereocenters. The van der Waals surface area contributed by atoms with Crippen LogP contribution in [-0.4, -0.2) is 44.3 Å². The number of nitrogens with one attached hydrogen (secondary N) is 2. The lowest BCUT2D eigenvalue weighted by Crippen LogP contribution is -2.47. The lowest BCUT2D eigenvalue weighted by atomic mass is 10.3. The van der Waals surface area contributed by atoms with E-state index in [1.807, 2.05) is 6.92 Å². The lowest BCUT2D eigenvalue weighted by Gasteiger charge is -2.27. The fourth-order valence-electron chi connectivity index (χ4n) is 2.72. The van der Waals surface area contributed by atoms with Crippen LogP contribution in [0, 0.1) is 5.92 Å². The maximum Gasteiger partial charge on any atom is 0.324 e. The molecule has 24 heavy (non-hydrogen) atoms. The zero-order valence-corrected chi connectivity index (χ0v) is 14.5. The molecule has 1 aliphatic carbocycles. The Bertz CT molecular complexity index is 648. The van der Waals surface area contributed by atoms with E-state index in [9.17, 15) is 19.0 Å². The minimum Gasteiger partial charge on any atom is -0.342 e. The van der Waals surface area contributed by atoms with E-state index < -0.39 is 18.7 Å². The maximum absolute atomic E-state index is 12.9. The van der Waals surface area contributed by atoms with Gasteiger partial charge in [-0.05, 0) is 18.9 Å². The van der Waals surface area contributed by atoms with Gasteiger partial charge in [0.25, 0.3) is 0 Å². The van der Waals surface area contributed by atoms with Crippen LogP contribution in [0.2, 0.25) is 0 Å². The molecule has 0 aliphatic heterocycles. The summed E-state index contributed by atoms with van der Waals surface area (Å²) in [4.78, 5) is 35.1. The normalized spacial score (nSPS) is 24.7. The first-order valence-electron chi connectivity index (χ1n) is 7.87. The van der Waals surface area contributed by atoms with Crippen molar-refractivity contribution in [1.82, 2.24) is 20.4 Å². The van der Waals surface area contributed by atoms with Crippen LogP contribution >= 0.6 is 7.37 Å². The highest BCUT2D eigenvalue weighted by Crippen LogP contribution is 2.70. The monoisotopic (exact) mass is 354 g/mol. The van der Waals surface area contributed by atoms with Crippen LogP contribution in [0.25, 0.3) is 0 Å². The number of carbonyl (C=O) groups excluding carboxylic acids is 2. The quantitative estimate of drug-likeness (QED) is 0.357. The number of urea groups is 1. The Labute approximate surface area is 140 Å². The molecule has 132 valence electrons. The van der Waals surface area contributed by atoms with E-state index in [0.29, 0.717) is 24.9 Å². The topological polar surface area (TPSA) is 115 Å². The molecule has 0 spiro atoms. The van der Waals surface area contributed by atoms with Gasteiger partial charge >= 0.3 is 6.03 Å². The molecule has 1 fully saturated rings. The predicted octanol–water partition coefficient (Wildman–Crippen LogP) is 2.05. The fourth-order valence-corrected chi connectivity index (χ4v) is 5.02. The van der Waals surface area contributed by atoms with Gasteiger partial charge in [0.05, 0.1) is 6.16 Å². The lowest BCUT2D eigenvalue weighted by molar-refractivity contribution is -0.115. The number of imide groups is 1. The van der Waals surface area contributed by atoms with E-state index >= 15 is 0 Å². The molecule has 0 saturated heterocycles. The van der Waals surface area contributed by atoms with Crippen molar-refractivity contribution >= 4 is 19.8 Å². The SMILES string of the molecule is C=CC1C[C@]1(NC(=O)N(C=O)CCCC)P(=O)(O)Cc1ccn[nH]1. The summed E-state index contributed by atoms with van der Waals surface area (Å²) in [5, 5.41) is 7.76. The van der Waals surface area contributed by atoms with E-state index in [1.54, 1.807) is 12.1 Å². The van der Waals surface area contributed by atoms with E-state index in [-0.39, 0.29) is 18.6 Å². The van der Waals surface area contributed by atoms with E-state index in [4.69, 9.17) is 0 Å². The minimum atomic E-state index is -3.79. The molecule has 3 N–H and O–H groups in total. The number of rotatable bonds is 9. The molecule has 0 bridgehead atoms. The molecular formula is C15H23N4O4P. The zero-order chi connectivity index (χ0) is 17.8. The second-order valence-corrected chi connectivity index (χ2v) is 8.51. The summed E-state index contributed by atoms with van der Waals surface area (Å²) in [5.41, 5.74) is 0.516. The molecule has 1 aromatic rings. The van der Waals surface area contributed by atoms with Crippen LogP contribution in [0.5, 0.6) is 0 Å². The fraction of sp³-hybridized carbons (Fsp3) is 0.533. The highest BCUT2D eigenvalue weighted by atomic mass is 31.2. The van der Waals surface area contributed by atoms with Crippen molar-refractivity contribution in [2.75, 3.05) is 6.54 Å². The third-order valence-corrected chi connectivity index (χ3v) is 6.94. The van der Waals surface area contributed by atoms with Crippen LogP contribution in [0.1, 0.15) is 31.9 Å². The summed E-state index contributed by atoms with van der Waals surface area (Å²) in [6.45, 7) is 5.89. The Morgan fingerprint density at radius 1 is 1.71 bits per heavy atom.